The lowest BCUT2D eigenvalue weighted by molar-refractivity contribution is 0.596. The van der Waals surface area contributed by atoms with Gasteiger partial charge in [0.25, 0.3) is 0 Å². The molecule has 0 aliphatic rings. The highest BCUT2D eigenvalue weighted by Crippen LogP contribution is 2.24. The van der Waals surface area contributed by atoms with Gasteiger partial charge < -0.3 is 5.73 Å². The molecule has 2 heterocycles. The third-order valence-corrected chi connectivity index (χ3v) is 5.59. The lowest BCUT2D eigenvalue weighted by atomic mass is 10.1. The fraction of sp³-hybridized carbons (Fsp3) is 0. The average Bonchev–Trinajstić information content (AvgIpc) is 3.03. The van der Waals surface area contributed by atoms with Crippen molar-refractivity contribution in [2.75, 3.05) is 5.73 Å². The summed E-state index contributed by atoms with van der Waals surface area (Å²) in [5.41, 5.74) is 7.67. The van der Waals surface area contributed by atoms with E-state index in [0.717, 1.165) is 5.56 Å². The first-order chi connectivity index (χ1) is 12.1. The zero-order valence-corrected chi connectivity index (χ0v) is 13.8. The summed E-state index contributed by atoms with van der Waals surface area (Å²) in [7, 11) is -3.54. The van der Waals surface area contributed by atoms with Crippen LogP contribution in [0.15, 0.2) is 76.5 Å². The third-order valence-electron chi connectivity index (χ3n) is 3.80. The molecule has 4 aromatic rings. The van der Waals surface area contributed by atoms with E-state index in [-0.39, 0.29) is 15.7 Å². The number of sulfone groups is 1. The Morgan fingerprint density at radius 3 is 2.20 bits per heavy atom. The highest BCUT2D eigenvalue weighted by Gasteiger charge is 2.17. The molecule has 2 aromatic carbocycles. The number of rotatable bonds is 3. The summed E-state index contributed by atoms with van der Waals surface area (Å²) in [5.74, 6) is 0.195. The van der Waals surface area contributed by atoms with Crippen molar-refractivity contribution in [1.29, 1.82) is 0 Å². The first-order valence-electron chi connectivity index (χ1n) is 7.44. The van der Waals surface area contributed by atoms with Crippen LogP contribution in [-0.2, 0) is 9.84 Å². The van der Waals surface area contributed by atoms with Crippen LogP contribution < -0.4 is 5.73 Å². The predicted molar refractivity (Wildman–Crippen MR) is 92.5 cm³/mol. The van der Waals surface area contributed by atoms with Crippen LogP contribution in [0.4, 0.5) is 5.95 Å². The standard InChI is InChI=1S/C17H13N5O2S/c18-17-20-19-16-11-10-15(21-22(16)17)12-6-8-14(9-7-12)25(23,24)13-4-2-1-3-5-13/h1-11H,(H2,18,20). The van der Waals surface area contributed by atoms with Crippen molar-refractivity contribution >= 4 is 21.4 Å². The van der Waals surface area contributed by atoms with Gasteiger partial charge in [0.2, 0.25) is 15.8 Å². The van der Waals surface area contributed by atoms with Crippen LogP contribution >= 0.6 is 0 Å². The number of hydrogen-bond acceptors (Lipinski definition) is 6. The van der Waals surface area contributed by atoms with Crippen LogP contribution in [0.3, 0.4) is 0 Å². The largest absolute Gasteiger partial charge is 0.366 e. The van der Waals surface area contributed by atoms with Gasteiger partial charge in [-0.15, -0.1) is 10.2 Å². The molecule has 0 bridgehead atoms. The Bertz CT molecular complexity index is 1150. The van der Waals surface area contributed by atoms with Crippen molar-refractivity contribution < 1.29 is 8.42 Å². The minimum absolute atomic E-state index is 0.195. The molecule has 0 unspecified atom stereocenters. The van der Waals surface area contributed by atoms with Crippen molar-refractivity contribution in [1.82, 2.24) is 19.8 Å². The lowest BCUT2D eigenvalue weighted by Crippen LogP contribution is -2.02. The molecule has 0 aliphatic heterocycles. The molecule has 0 spiro atoms. The van der Waals surface area contributed by atoms with Gasteiger partial charge in [-0.05, 0) is 36.4 Å². The van der Waals surface area contributed by atoms with E-state index >= 15 is 0 Å². The quantitative estimate of drug-likeness (QED) is 0.607. The summed E-state index contributed by atoms with van der Waals surface area (Å²) in [6.45, 7) is 0. The number of fused-ring (bicyclic) bond motifs is 1. The van der Waals surface area contributed by atoms with Gasteiger partial charge in [0.15, 0.2) is 5.65 Å². The zero-order valence-electron chi connectivity index (χ0n) is 12.9. The Hall–Kier alpha value is -3.26. The van der Waals surface area contributed by atoms with E-state index in [1.165, 1.54) is 4.52 Å². The molecule has 7 nitrogen and oxygen atoms in total. The van der Waals surface area contributed by atoms with Gasteiger partial charge in [0, 0.05) is 5.56 Å². The van der Waals surface area contributed by atoms with Crippen molar-refractivity contribution in [3.63, 3.8) is 0 Å². The van der Waals surface area contributed by atoms with Crippen molar-refractivity contribution in [2.45, 2.75) is 9.79 Å². The minimum atomic E-state index is -3.54. The summed E-state index contributed by atoms with van der Waals surface area (Å²) < 4.78 is 26.7. The van der Waals surface area contributed by atoms with E-state index in [1.807, 2.05) is 0 Å². The zero-order chi connectivity index (χ0) is 17.4. The molecule has 25 heavy (non-hydrogen) atoms. The second-order valence-electron chi connectivity index (χ2n) is 5.39. The molecule has 0 atom stereocenters. The van der Waals surface area contributed by atoms with E-state index in [9.17, 15) is 8.42 Å². The maximum atomic E-state index is 12.6. The number of nitrogens with zero attached hydrogens (tertiary/aromatic N) is 4. The summed E-state index contributed by atoms with van der Waals surface area (Å²) in [6, 6.07) is 18.4. The van der Waals surface area contributed by atoms with Crippen molar-refractivity contribution in [3.05, 3.63) is 66.7 Å². The molecule has 0 saturated carbocycles. The Morgan fingerprint density at radius 2 is 1.48 bits per heavy atom. The Balaban J connectivity index is 1.73. The van der Waals surface area contributed by atoms with Crippen LogP contribution in [0.5, 0.6) is 0 Å². The molecule has 0 fully saturated rings. The topological polar surface area (TPSA) is 103 Å². The van der Waals surface area contributed by atoms with E-state index < -0.39 is 9.84 Å². The highest BCUT2D eigenvalue weighted by atomic mass is 32.2. The number of hydrogen-bond donors (Lipinski definition) is 1. The fourth-order valence-electron chi connectivity index (χ4n) is 2.50. The first-order valence-corrected chi connectivity index (χ1v) is 8.92. The maximum Gasteiger partial charge on any atom is 0.243 e. The Morgan fingerprint density at radius 1 is 0.800 bits per heavy atom. The molecule has 2 N–H and O–H groups in total. The minimum Gasteiger partial charge on any atom is -0.366 e. The average molecular weight is 351 g/mol. The third kappa shape index (κ3) is 2.62. The number of nitrogen functional groups attached to an aromatic ring is 1. The van der Waals surface area contributed by atoms with Gasteiger partial charge >= 0.3 is 0 Å². The van der Waals surface area contributed by atoms with Gasteiger partial charge in [-0.25, -0.2) is 8.42 Å². The van der Waals surface area contributed by atoms with Crippen LogP contribution in [-0.4, -0.2) is 28.2 Å². The number of anilines is 1. The van der Waals surface area contributed by atoms with Crippen molar-refractivity contribution in [3.8, 4) is 11.3 Å². The first kappa shape index (κ1) is 15.3. The Kier molecular flexibility index (Phi) is 3.47. The van der Waals surface area contributed by atoms with Gasteiger partial charge in [0.05, 0.1) is 15.5 Å². The van der Waals surface area contributed by atoms with Gasteiger partial charge in [-0.3, -0.25) is 0 Å². The smallest absolute Gasteiger partial charge is 0.243 e. The Labute approximate surface area is 143 Å². The molecule has 124 valence electrons. The normalized spacial score (nSPS) is 11.7. The molecule has 0 amide bonds. The predicted octanol–water partition coefficient (Wildman–Crippen LogP) is 2.21. The summed E-state index contributed by atoms with van der Waals surface area (Å²) in [6.07, 6.45) is 0. The van der Waals surface area contributed by atoms with Crippen LogP contribution in [0.2, 0.25) is 0 Å². The SMILES string of the molecule is Nc1nnc2ccc(-c3ccc(S(=O)(=O)c4ccccc4)cc3)nn12. The monoisotopic (exact) mass is 351 g/mol. The van der Waals surface area contributed by atoms with Crippen LogP contribution in [0, 0.1) is 0 Å². The number of nitrogens with two attached hydrogens (primary N) is 1. The number of benzene rings is 2. The second kappa shape index (κ2) is 5.67. The molecular weight excluding hydrogens is 338 g/mol. The highest BCUT2D eigenvalue weighted by molar-refractivity contribution is 7.91. The van der Waals surface area contributed by atoms with E-state index in [4.69, 9.17) is 5.73 Å². The van der Waals surface area contributed by atoms with Gasteiger partial charge in [-0.2, -0.15) is 9.61 Å². The molecule has 0 aliphatic carbocycles. The lowest BCUT2D eigenvalue weighted by Gasteiger charge is -2.06. The van der Waals surface area contributed by atoms with E-state index in [1.54, 1.807) is 66.7 Å². The fourth-order valence-corrected chi connectivity index (χ4v) is 3.78. The molecule has 4 rings (SSSR count). The molecule has 0 radical (unpaired) electrons. The molecule has 8 heteroatoms. The molecule has 2 aromatic heterocycles. The molecular formula is C17H13N5O2S. The maximum absolute atomic E-state index is 12.6. The molecule has 0 saturated heterocycles. The van der Waals surface area contributed by atoms with Gasteiger partial charge in [-0.1, -0.05) is 30.3 Å². The summed E-state index contributed by atoms with van der Waals surface area (Å²) in [4.78, 5) is 0.492. The van der Waals surface area contributed by atoms with Crippen molar-refractivity contribution in [2.24, 2.45) is 0 Å². The summed E-state index contributed by atoms with van der Waals surface area (Å²) >= 11 is 0. The van der Waals surface area contributed by atoms with E-state index in [2.05, 4.69) is 15.3 Å². The van der Waals surface area contributed by atoms with Gasteiger partial charge in [0.1, 0.15) is 0 Å². The summed E-state index contributed by atoms with van der Waals surface area (Å²) in [5, 5.41) is 12.0. The second-order valence-corrected chi connectivity index (χ2v) is 7.34. The number of aromatic nitrogens is 4. The van der Waals surface area contributed by atoms with Crippen LogP contribution in [0.1, 0.15) is 0 Å². The van der Waals surface area contributed by atoms with E-state index in [0.29, 0.717) is 11.3 Å². The van der Waals surface area contributed by atoms with Crippen LogP contribution in [0.25, 0.3) is 16.9 Å².